The minimum atomic E-state index is -0.448. The molecule has 78 valence electrons. The molecule has 0 fully saturated rings. The Bertz CT molecular complexity index is 369. The number of nitrogens with zero attached hydrogens (tertiary/aromatic N) is 1. The van der Waals surface area contributed by atoms with Crippen LogP contribution in [0.15, 0.2) is 24.3 Å². The van der Waals surface area contributed by atoms with Gasteiger partial charge in [0.15, 0.2) is 0 Å². The lowest BCUT2D eigenvalue weighted by Crippen LogP contribution is -2.37. The van der Waals surface area contributed by atoms with Gasteiger partial charge in [0.2, 0.25) is 0 Å². The molecule has 1 heterocycles. The van der Waals surface area contributed by atoms with Crippen molar-refractivity contribution in [2.24, 2.45) is 0 Å². The zero-order valence-electron chi connectivity index (χ0n) is 8.06. The molecule has 0 atom stereocenters. The number of nitrogens with one attached hydrogen (secondary N) is 2. The van der Waals surface area contributed by atoms with Gasteiger partial charge < -0.3 is 5.41 Å². The average Bonchev–Trinajstić information content (AvgIpc) is 2.26. The summed E-state index contributed by atoms with van der Waals surface area (Å²) in [5.74, 6) is -0.784. The molecule has 0 saturated carbocycles. The zero-order chi connectivity index (χ0) is 11.3. The number of imide groups is 1. The molecule has 0 spiro atoms. The zero-order valence-corrected chi connectivity index (χ0v) is 8.06. The molecule has 1 aliphatic heterocycles. The van der Waals surface area contributed by atoms with Crippen LogP contribution in [-0.2, 0) is 9.59 Å². The van der Waals surface area contributed by atoms with Crippen LogP contribution in [0, 0.1) is 10.8 Å². The summed E-state index contributed by atoms with van der Waals surface area (Å²) >= 11 is 0. The van der Waals surface area contributed by atoms with Crippen molar-refractivity contribution in [3.63, 3.8) is 0 Å². The van der Waals surface area contributed by atoms with Gasteiger partial charge in [-0.25, -0.2) is 0 Å². The first kappa shape index (κ1) is 11.0. The highest BCUT2D eigenvalue weighted by Gasteiger charge is 2.18. The van der Waals surface area contributed by atoms with Crippen LogP contribution in [0.1, 0.15) is 6.42 Å². The van der Waals surface area contributed by atoms with Gasteiger partial charge >= 0.3 is 0 Å². The van der Waals surface area contributed by atoms with E-state index in [1.54, 1.807) is 6.08 Å². The van der Waals surface area contributed by atoms with Crippen LogP contribution < -0.4 is 0 Å². The van der Waals surface area contributed by atoms with Crippen molar-refractivity contribution in [2.45, 2.75) is 6.42 Å². The van der Waals surface area contributed by atoms with Gasteiger partial charge in [-0.1, -0.05) is 6.08 Å². The van der Waals surface area contributed by atoms with Crippen LogP contribution in [0.3, 0.4) is 0 Å². The fourth-order valence-corrected chi connectivity index (χ4v) is 1.11. The fraction of sp³-hybridized carbons (Fsp3) is 0.200. The average molecular weight is 205 g/mol. The maximum absolute atomic E-state index is 11.4. The van der Waals surface area contributed by atoms with Crippen LogP contribution in [0.5, 0.6) is 0 Å². The van der Waals surface area contributed by atoms with Gasteiger partial charge in [0, 0.05) is 18.8 Å². The summed E-state index contributed by atoms with van der Waals surface area (Å²) in [6, 6.07) is 0. The van der Waals surface area contributed by atoms with Gasteiger partial charge in [0.1, 0.15) is 0 Å². The number of carbonyl (C=O) groups excluding carboxylic acids is 2. The van der Waals surface area contributed by atoms with E-state index < -0.39 is 5.91 Å². The molecule has 0 aliphatic carbocycles. The minimum absolute atomic E-state index is 0.0802. The Morgan fingerprint density at radius 3 is 2.80 bits per heavy atom. The lowest BCUT2D eigenvalue weighted by Gasteiger charge is -2.19. The first-order valence-electron chi connectivity index (χ1n) is 4.44. The summed E-state index contributed by atoms with van der Waals surface area (Å²) in [5, 5.41) is 13.8. The molecule has 2 N–H and O–H groups in total. The highest BCUT2D eigenvalue weighted by Crippen LogP contribution is 2.03. The second-order valence-corrected chi connectivity index (χ2v) is 2.95. The third-order valence-corrected chi connectivity index (χ3v) is 1.87. The normalized spacial score (nSPS) is 15.7. The minimum Gasteiger partial charge on any atom is -0.307 e. The standard InChI is InChI=1S/C10H11N3O2/c11-7-8(12)4-5-10(15)13-6-2-1-3-9(13)14/h1,3-5,7,11-12H,2,6H2/b5-4+,11-7?,12-8?. The molecule has 0 radical (unpaired) electrons. The summed E-state index contributed by atoms with van der Waals surface area (Å²) in [7, 11) is 0. The molecule has 2 amide bonds. The Balaban J connectivity index is 2.65. The summed E-state index contributed by atoms with van der Waals surface area (Å²) in [4.78, 5) is 23.8. The van der Waals surface area contributed by atoms with E-state index >= 15 is 0 Å². The number of amides is 2. The third kappa shape index (κ3) is 2.98. The molecule has 0 unspecified atom stereocenters. The largest absolute Gasteiger partial charge is 0.307 e. The van der Waals surface area contributed by atoms with Crippen LogP contribution >= 0.6 is 0 Å². The van der Waals surface area contributed by atoms with Gasteiger partial charge in [-0.15, -0.1) is 0 Å². The first-order valence-corrected chi connectivity index (χ1v) is 4.44. The predicted molar refractivity (Wildman–Crippen MR) is 56.1 cm³/mol. The van der Waals surface area contributed by atoms with Crippen LogP contribution in [0.4, 0.5) is 0 Å². The Morgan fingerprint density at radius 2 is 2.20 bits per heavy atom. The van der Waals surface area contributed by atoms with E-state index in [4.69, 9.17) is 10.8 Å². The van der Waals surface area contributed by atoms with Crippen molar-refractivity contribution in [2.75, 3.05) is 6.54 Å². The summed E-state index contributed by atoms with van der Waals surface area (Å²) < 4.78 is 0. The second-order valence-electron chi connectivity index (χ2n) is 2.95. The number of rotatable bonds is 3. The molecular formula is C10H11N3O2. The van der Waals surface area contributed by atoms with Crippen molar-refractivity contribution in [3.8, 4) is 0 Å². The van der Waals surface area contributed by atoms with Crippen LogP contribution in [-0.4, -0.2) is 35.2 Å². The van der Waals surface area contributed by atoms with E-state index in [1.165, 1.54) is 12.2 Å². The quantitative estimate of drug-likeness (QED) is 0.520. The molecule has 0 bridgehead atoms. The number of carbonyl (C=O) groups is 2. The van der Waals surface area contributed by atoms with E-state index in [1.807, 2.05) is 0 Å². The molecule has 0 saturated heterocycles. The van der Waals surface area contributed by atoms with Crippen molar-refractivity contribution in [1.29, 1.82) is 10.8 Å². The topological polar surface area (TPSA) is 85.1 Å². The maximum Gasteiger partial charge on any atom is 0.253 e. The van der Waals surface area contributed by atoms with E-state index in [0.29, 0.717) is 13.0 Å². The monoisotopic (exact) mass is 205 g/mol. The van der Waals surface area contributed by atoms with Crippen LogP contribution in [0.25, 0.3) is 0 Å². The predicted octanol–water partition coefficient (Wildman–Crippen LogP) is 0.527. The van der Waals surface area contributed by atoms with Gasteiger partial charge in [-0.2, -0.15) is 0 Å². The molecule has 5 heteroatoms. The van der Waals surface area contributed by atoms with Crippen LogP contribution in [0.2, 0.25) is 0 Å². The third-order valence-electron chi connectivity index (χ3n) is 1.87. The highest BCUT2D eigenvalue weighted by molar-refractivity contribution is 6.34. The number of allylic oxidation sites excluding steroid dienone is 1. The number of hydrogen-bond acceptors (Lipinski definition) is 4. The van der Waals surface area contributed by atoms with E-state index in [-0.39, 0.29) is 11.6 Å². The Hall–Kier alpha value is -2.04. The molecule has 1 aliphatic rings. The first-order chi connectivity index (χ1) is 7.15. The van der Waals surface area contributed by atoms with Crippen molar-refractivity contribution in [1.82, 2.24) is 4.90 Å². The summed E-state index contributed by atoms with van der Waals surface area (Å²) in [6.45, 7) is 0.371. The second kappa shape index (κ2) is 4.99. The number of hydrogen-bond donors (Lipinski definition) is 2. The van der Waals surface area contributed by atoms with E-state index in [9.17, 15) is 9.59 Å². The lowest BCUT2D eigenvalue weighted by molar-refractivity contribution is -0.139. The molecule has 0 aromatic heterocycles. The smallest absolute Gasteiger partial charge is 0.253 e. The van der Waals surface area contributed by atoms with E-state index in [2.05, 4.69) is 0 Å². The molecule has 0 aromatic carbocycles. The van der Waals surface area contributed by atoms with Crippen molar-refractivity contribution < 1.29 is 9.59 Å². The van der Waals surface area contributed by atoms with Crippen molar-refractivity contribution >= 4 is 23.7 Å². The van der Waals surface area contributed by atoms with Gasteiger partial charge in [0.25, 0.3) is 11.8 Å². The molecule has 5 nitrogen and oxygen atoms in total. The SMILES string of the molecule is N=CC(=N)/C=C/C(=O)N1CCC=CC1=O. The van der Waals surface area contributed by atoms with E-state index in [0.717, 1.165) is 17.2 Å². The van der Waals surface area contributed by atoms with Crippen molar-refractivity contribution in [3.05, 3.63) is 24.3 Å². The van der Waals surface area contributed by atoms with Gasteiger partial charge in [0.05, 0.1) is 5.71 Å². The molecule has 15 heavy (non-hydrogen) atoms. The molecule has 1 rings (SSSR count). The fourth-order valence-electron chi connectivity index (χ4n) is 1.11. The van der Waals surface area contributed by atoms with Gasteiger partial charge in [-0.05, 0) is 18.6 Å². The summed E-state index contributed by atoms with van der Waals surface area (Å²) in [5.41, 5.74) is -0.0802. The van der Waals surface area contributed by atoms with Gasteiger partial charge in [-0.3, -0.25) is 19.9 Å². The Kier molecular flexibility index (Phi) is 3.68. The molecular weight excluding hydrogens is 194 g/mol. The Morgan fingerprint density at radius 1 is 1.47 bits per heavy atom. The molecule has 0 aromatic rings. The Labute approximate surface area is 87.1 Å². The summed E-state index contributed by atoms with van der Waals surface area (Å²) in [6.07, 6.45) is 6.88. The highest BCUT2D eigenvalue weighted by atomic mass is 16.2. The maximum atomic E-state index is 11.4. The lowest BCUT2D eigenvalue weighted by atomic mass is 10.2.